The fourth-order valence-corrected chi connectivity index (χ4v) is 1.44. The summed E-state index contributed by atoms with van der Waals surface area (Å²) in [4.78, 5) is 11.6. The highest BCUT2D eigenvalue weighted by Crippen LogP contribution is 2.08. The highest BCUT2D eigenvalue weighted by atomic mass is 19.2. The van der Waals surface area contributed by atoms with E-state index in [-0.39, 0.29) is 12.5 Å². The molecule has 0 radical (unpaired) electrons. The van der Waals surface area contributed by atoms with E-state index in [0.717, 1.165) is 12.1 Å². The zero-order chi connectivity index (χ0) is 14.3. The van der Waals surface area contributed by atoms with Crippen molar-refractivity contribution in [3.05, 3.63) is 35.4 Å². The summed E-state index contributed by atoms with van der Waals surface area (Å²) >= 11 is 0. The van der Waals surface area contributed by atoms with E-state index in [1.165, 1.54) is 6.07 Å². The maximum absolute atomic E-state index is 13.0. The van der Waals surface area contributed by atoms with Crippen LogP contribution in [0.2, 0.25) is 0 Å². The second kappa shape index (κ2) is 7.81. The number of ether oxygens (including phenoxy) is 1. The van der Waals surface area contributed by atoms with Gasteiger partial charge in [-0.2, -0.15) is 0 Å². The first-order chi connectivity index (χ1) is 9.04. The van der Waals surface area contributed by atoms with Gasteiger partial charge in [0.15, 0.2) is 11.6 Å². The van der Waals surface area contributed by atoms with E-state index in [4.69, 9.17) is 4.74 Å². The van der Waals surface area contributed by atoms with Crippen molar-refractivity contribution in [2.24, 2.45) is 0 Å². The fourth-order valence-electron chi connectivity index (χ4n) is 1.44. The predicted molar refractivity (Wildman–Crippen MR) is 67.5 cm³/mol. The lowest BCUT2D eigenvalue weighted by atomic mass is 10.2. The van der Waals surface area contributed by atoms with Gasteiger partial charge in [0.25, 0.3) is 0 Å². The van der Waals surface area contributed by atoms with Crippen LogP contribution in [0.25, 0.3) is 0 Å². The third kappa shape index (κ3) is 5.32. The van der Waals surface area contributed by atoms with E-state index in [0.29, 0.717) is 18.7 Å². The van der Waals surface area contributed by atoms with Crippen molar-refractivity contribution in [1.82, 2.24) is 10.6 Å². The lowest BCUT2D eigenvalue weighted by Crippen LogP contribution is -2.42. The van der Waals surface area contributed by atoms with Gasteiger partial charge in [0, 0.05) is 20.2 Å². The summed E-state index contributed by atoms with van der Waals surface area (Å²) in [6, 6.07) is 3.22. The standard InChI is InChI=1S/C13H18F2N2O2/c1-9(13(18)16-5-6-19-2)17-8-10-3-4-11(14)12(15)7-10/h3-4,7,9,17H,5-6,8H2,1-2H3,(H,16,18). The Morgan fingerprint density at radius 2 is 2.11 bits per heavy atom. The number of rotatable bonds is 7. The van der Waals surface area contributed by atoms with E-state index >= 15 is 0 Å². The summed E-state index contributed by atoms with van der Waals surface area (Å²) in [7, 11) is 1.55. The van der Waals surface area contributed by atoms with Gasteiger partial charge in [0.2, 0.25) is 5.91 Å². The van der Waals surface area contributed by atoms with Crippen LogP contribution in [0, 0.1) is 11.6 Å². The second-order valence-electron chi connectivity index (χ2n) is 4.13. The highest BCUT2D eigenvalue weighted by Gasteiger charge is 2.11. The van der Waals surface area contributed by atoms with Crippen molar-refractivity contribution in [2.75, 3.05) is 20.3 Å². The van der Waals surface area contributed by atoms with Crippen LogP contribution in [0.1, 0.15) is 12.5 Å². The SMILES string of the molecule is COCCNC(=O)C(C)NCc1ccc(F)c(F)c1. The minimum Gasteiger partial charge on any atom is -0.383 e. The van der Waals surface area contributed by atoms with Crippen LogP contribution in [-0.2, 0) is 16.1 Å². The molecule has 0 aliphatic heterocycles. The van der Waals surface area contributed by atoms with Gasteiger partial charge >= 0.3 is 0 Å². The Morgan fingerprint density at radius 3 is 2.74 bits per heavy atom. The van der Waals surface area contributed by atoms with Gasteiger partial charge in [-0.25, -0.2) is 8.78 Å². The molecule has 1 rings (SSSR count). The summed E-state index contributed by atoms with van der Waals surface area (Å²) in [6.45, 7) is 2.87. The molecule has 0 saturated carbocycles. The first kappa shape index (κ1) is 15.5. The number of carbonyl (C=O) groups excluding carboxylic acids is 1. The van der Waals surface area contributed by atoms with Crippen LogP contribution in [0.3, 0.4) is 0 Å². The number of hydrogen-bond acceptors (Lipinski definition) is 3. The molecule has 6 heteroatoms. The molecule has 0 fully saturated rings. The zero-order valence-electron chi connectivity index (χ0n) is 11.0. The quantitative estimate of drug-likeness (QED) is 0.733. The Hall–Kier alpha value is -1.53. The molecule has 1 aromatic rings. The predicted octanol–water partition coefficient (Wildman–Crippen LogP) is 1.21. The number of hydrogen-bond donors (Lipinski definition) is 2. The van der Waals surface area contributed by atoms with Gasteiger partial charge in [-0.15, -0.1) is 0 Å². The second-order valence-corrected chi connectivity index (χ2v) is 4.13. The molecule has 1 aromatic carbocycles. The molecular formula is C13H18F2N2O2. The Labute approximate surface area is 111 Å². The molecule has 106 valence electrons. The molecule has 4 nitrogen and oxygen atoms in total. The first-order valence-corrected chi connectivity index (χ1v) is 5.98. The molecule has 0 aliphatic rings. The molecule has 1 atom stereocenters. The van der Waals surface area contributed by atoms with E-state index in [1.807, 2.05) is 0 Å². The third-order valence-corrected chi connectivity index (χ3v) is 2.60. The normalized spacial score (nSPS) is 12.2. The van der Waals surface area contributed by atoms with Crippen LogP contribution in [0.5, 0.6) is 0 Å². The molecule has 1 unspecified atom stereocenters. The van der Waals surface area contributed by atoms with E-state index in [1.54, 1.807) is 14.0 Å². The highest BCUT2D eigenvalue weighted by molar-refractivity contribution is 5.81. The molecular weight excluding hydrogens is 254 g/mol. The first-order valence-electron chi connectivity index (χ1n) is 5.98. The van der Waals surface area contributed by atoms with Gasteiger partial charge in [-0.05, 0) is 24.6 Å². The summed E-state index contributed by atoms with van der Waals surface area (Å²) in [5.74, 6) is -1.94. The molecule has 2 N–H and O–H groups in total. The number of benzene rings is 1. The molecule has 0 aliphatic carbocycles. The molecule has 19 heavy (non-hydrogen) atoms. The Balaban J connectivity index is 2.38. The molecule has 0 aromatic heterocycles. The van der Waals surface area contributed by atoms with Crippen molar-refractivity contribution < 1.29 is 18.3 Å². The molecule has 0 bridgehead atoms. The van der Waals surface area contributed by atoms with Crippen molar-refractivity contribution in [2.45, 2.75) is 19.5 Å². The summed E-state index contributed by atoms with van der Waals surface area (Å²) in [6.07, 6.45) is 0. The average Bonchev–Trinajstić information content (AvgIpc) is 2.40. The number of methoxy groups -OCH3 is 1. The number of halogens is 2. The van der Waals surface area contributed by atoms with Crippen molar-refractivity contribution in [1.29, 1.82) is 0 Å². The van der Waals surface area contributed by atoms with Crippen LogP contribution < -0.4 is 10.6 Å². The van der Waals surface area contributed by atoms with E-state index in [2.05, 4.69) is 10.6 Å². The topological polar surface area (TPSA) is 50.4 Å². The fraction of sp³-hybridized carbons (Fsp3) is 0.462. The molecule has 0 saturated heterocycles. The van der Waals surface area contributed by atoms with Crippen LogP contribution in [-0.4, -0.2) is 32.2 Å². The monoisotopic (exact) mass is 272 g/mol. The smallest absolute Gasteiger partial charge is 0.236 e. The van der Waals surface area contributed by atoms with Crippen molar-refractivity contribution in [3.63, 3.8) is 0 Å². The molecule has 1 amide bonds. The van der Waals surface area contributed by atoms with Gasteiger partial charge in [0.05, 0.1) is 12.6 Å². The number of amides is 1. The van der Waals surface area contributed by atoms with E-state index < -0.39 is 17.7 Å². The van der Waals surface area contributed by atoms with Gasteiger partial charge in [-0.1, -0.05) is 6.07 Å². The van der Waals surface area contributed by atoms with Crippen molar-refractivity contribution in [3.8, 4) is 0 Å². The maximum atomic E-state index is 13.0. The zero-order valence-corrected chi connectivity index (χ0v) is 11.0. The third-order valence-electron chi connectivity index (χ3n) is 2.60. The largest absolute Gasteiger partial charge is 0.383 e. The molecule has 0 heterocycles. The van der Waals surface area contributed by atoms with Crippen LogP contribution in [0.15, 0.2) is 18.2 Å². The minimum absolute atomic E-state index is 0.167. The van der Waals surface area contributed by atoms with Crippen molar-refractivity contribution >= 4 is 5.91 Å². The summed E-state index contributed by atoms with van der Waals surface area (Å²) in [5.41, 5.74) is 0.579. The Bertz CT molecular complexity index is 427. The summed E-state index contributed by atoms with van der Waals surface area (Å²) in [5, 5.41) is 5.61. The Morgan fingerprint density at radius 1 is 1.37 bits per heavy atom. The van der Waals surface area contributed by atoms with E-state index in [9.17, 15) is 13.6 Å². The van der Waals surface area contributed by atoms with Gasteiger partial charge < -0.3 is 15.4 Å². The van der Waals surface area contributed by atoms with Gasteiger partial charge in [-0.3, -0.25) is 4.79 Å². The lowest BCUT2D eigenvalue weighted by Gasteiger charge is -2.14. The Kier molecular flexibility index (Phi) is 6.38. The average molecular weight is 272 g/mol. The summed E-state index contributed by atoms with van der Waals surface area (Å²) < 4.78 is 30.5. The van der Waals surface area contributed by atoms with Gasteiger partial charge in [0.1, 0.15) is 0 Å². The minimum atomic E-state index is -0.892. The number of nitrogens with one attached hydrogen (secondary N) is 2. The maximum Gasteiger partial charge on any atom is 0.236 e. The lowest BCUT2D eigenvalue weighted by molar-refractivity contribution is -0.122. The van der Waals surface area contributed by atoms with Crippen LogP contribution >= 0.6 is 0 Å². The molecule has 0 spiro atoms. The van der Waals surface area contributed by atoms with Crippen LogP contribution in [0.4, 0.5) is 8.78 Å². The number of carbonyl (C=O) groups is 1.